The van der Waals surface area contributed by atoms with Gasteiger partial charge in [0.2, 0.25) is 5.91 Å². The van der Waals surface area contributed by atoms with Crippen LogP contribution < -0.4 is 0 Å². The number of carbonyl (C=O) groups is 4. The normalized spacial score (nSPS) is 22.8. The second kappa shape index (κ2) is 9.67. The summed E-state index contributed by atoms with van der Waals surface area (Å²) in [6.45, 7) is 6.16. The molecule has 1 aromatic heterocycles. The van der Waals surface area contributed by atoms with Crippen molar-refractivity contribution in [2.24, 2.45) is 11.3 Å². The third kappa shape index (κ3) is 5.26. The number of hydrogen-bond acceptors (Lipinski definition) is 6. The number of rotatable bonds is 5. The van der Waals surface area contributed by atoms with Gasteiger partial charge in [-0.15, -0.1) is 0 Å². The first-order valence-electron chi connectivity index (χ1n) is 9.77. The van der Waals surface area contributed by atoms with Gasteiger partial charge in [0.05, 0.1) is 12.0 Å². The Hall–Kier alpha value is -2.96. The van der Waals surface area contributed by atoms with Gasteiger partial charge in [0.1, 0.15) is 11.4 Å². The molecule has 2 atom stereocenters. The van der Waals surface area contributed by atoms with Gasteiger partial charge < -0.3 is 19.6 Å². The number of nitrogens with one attached hydrogen (secondary N) is 1. The van der Waals surface area contributed by atoms with E-state index in [9.17, 15) is 27.6 Å². The zero-order chi connectivity index (χ0) is 24.3. The molecule has 2 amide bonds. The predicted octanol–water partition coefficient (Wildman–Crippen LogP) is 1.20. The lowest BCUT2D eigenvalue weighted by atomic mass is 9.78. The molecule has 2 fully saturated rings. The number of nitrogens with zero attached hydrogens (tertiary/aromatic N) is 3. The highest BCUT2D eigenvalue weighted by molar-refractivity contribution is 5.98. The van der Waals surface area contributed by atoms with Crippen molar-refractivity contribution < 1.29 is 42.2 Å². The standard InChI is InChI=1S/C17H24N4O4.C2HF3O2/c1-11-9-21(15(23)14-8-13(12(2)22)18-19-14)10-17(11)4-5-20(16(17)24)6-7-25-3;3-2(4,5)1(6)7/h8,11H,4-7,9-10H2,1-3H3,(H,18,19);(H,6,7)/t11-,17-;/m1./s1. The first-order valence-corrected chi connectivity index (χ1v) is 9.77. The fourth-order valence-electron chi connectivity index (χ4n) is 3.88. The van der Waals surface area contributed by atoms with E-state index in [4.69, 9.17) is 14.6 Å². The van der Waals surface area contributed by atoms with Gasteiger partial charge in [-0.05, 0) is 18.4 Å². The Morgan fingerprint density at radius 1 is 1.38 bits per heavy atom. The summed E-state index contributed by atoms with van der Waals surface area (Å²) in [6, 6.07) is 1.47. The second-order valence-electron chi connectivity index (χ2n) is 7.80. The van der Waals surface area contributed by atoms with Crippen LogP contribution in [0, 0.1) is 11.3 Å². The summed E-state index contributed by atoms with van der Waals surface area (Å²) < 4.78 is 36.8. The van der Waals surface area contributed by atoms with E-state index in [2.05, 4.69) is 10.2 Å². The van der Waals surface area contributed by atoms with Crippen LogP contribution in [-0.2, 0) is 14.3 Å². The number of aromatic amines is 1. The molecular weight excluding hydrogens is 437 g/mol. The van der Waals surface area contributed by atoms with Crippen molar-refractivity contribution in [1.29, 1.82) is 0 Å². The molecule has 0 saturated carbocycles. The highest BCUT2D eigenvalue weighted by atomic mass is 19.4. The van der Waals surface area contributed by atoms with Crippen LogP contribution in [0.25, 0.3) is 0 Å². The number of hydrogen-bond donors (Lipinski definition) is 2. The average Bonchev–Trinajstić information content (AvgIpc) is 3.40. The molecule has 178 valence electrons. The van der Waals surface area contributed by atoms with E-state index in [1.165, 1.54) is 13.0 Å². The number of alkyl halides is 3. The second-order valence-corrected chi connectivity index (χ2v) is 7.80. The van der Waals surface area contributed by atoms with Crippen molar-refractivity contribution in [1.82, 2.24) is 20.0 Å². The number of carboxylic acid groups (broad SMARTS) is 1. The van der Waals surface area contributed by atoms with E-state index in [0.717, 1.165) is 6.42 Å². The largest absolute Gasteiger partial charge is 0.490 e. The number of carboxylic acids is 1. The van der Waals surface area contributed by atoms with Crippen LogP contribution in [0.1, 0.15) is 41.2 Å². The Bertz CT molecular complexity index is 887. The Balaban J connectivity index is 0.000000451. The zero-order valence-corrected chi connectivity index (χ0v) is 17.9. The van der Waals surface area contributed by atoms with E-state index in [1.54, 1.807) is 12.0 Å². The topological polar surface area (TPSA) is 133 Å². The summed E-state index contributed by atoms with van der Waals surface area (Å²) in [5.41, 5.74) is 0.0245. The van der Waals surface area contributed by atoms with E-state index in [1.807, 2.05) is 11.8 Å². The number of halogens is 3. The molecule has 2 saturated heterocycles. The van der Waals surface area contributed by atoms with E-state index in [-0.39, 0.29) is 34.9 Å². The molecule has 32 heavy (non-hydrogen) atoms. The zero-order valence-electron chi connectivity index (χ0n) is 17.9. The molecular formula is C19H25F3N4O6. The molecule has 2 aliphatic heterocycles. The monoisotopic (exact) mass is 462 g/mol. The number of carbonyl (C=O) groups excluding carboxylic acids is 3. The van der Waals surface area contributed by atoms with Crippen LogP contribution in [0.4, 0.5) is 13.2 Å². The lowest BCUT2D eigenvalue weighted by molar-refractivity contribution is -0.192. The van der Waals surface area contributed by atoms with Crippen LogP contribution in [0.5, 0.6) is 0 Å². The minimum Gasteiger partial charge on any atom is -0.475 e. The molecule has 0 aliphatic carbocycles. The van der Waals surface area contributed by atoms with Gasteiger partial charge in [-0.25, -0.2) is 4.79 Å². The fraction of sp³-hybridized carbons (Fsp3) is 0.632. The first-order chi connectivity index (χ1) is 14.8. The lowest BCUT2D eigenvalue weighted by Gasteiger charge is -2.26. The summed E-state index contributed by atoms with van der Waals surface area (Å²) in [4.78, 5) is 49.4. The molecule has 0 unspecified atom stereocenters. The molecule has 13 heteroatoms. The molecule has 3 heterocycles. The number of ether oxygens (including phenoxy) is 1. The molecule has 0 bridgehead atoms. The van der Waals surface area contributed by atoms with Crippen molar-refractivity contribution in [2.45, 2.75) is 26.4 Å². The van der Waals surface area contributed by atoms with Gasteiger partial charge in [-0.1, -0.05) is 6.92 Å². The van der Waals surface area contributed by atoms with Gasteiger partial charge in [0.25, 0.3) is 5.91 Å². The van der Waals surface area contributed by atoms with Crippen molar-refractivity contribution in [3.63, 3.8) is 0 Å². The third-order valence-corrected chi connectivity index (χ3v) is 5.72. The number of Topliss-reactive ketones (excluding diaryl/α,β-unsaturated/α-hetero) is 1. The Labute approximate surface area is 181 Å². The molecule has 0 aromatic carbocycles. The van der Waals surface area contributed by atoms with Crippen LogP contribution in [-0.4, -0.2) is 94.7 Å². The smallest absolute Gasteiger partial charge is 0.475 e. The number of aliphatic carboxylic acids is 1. The first kappa shape index (κ1) is 25.3. The maximum absolute atomic E-state index is 12.9. The Kier molecular flexibility index (Phi) is 7.65. The third-order valence-electron chi connectivity index (χ3n) is 5.72. The molecule has 10 nitrogen and oxygen atoms in total. The van der Waals surface area contributed by atoms with E-state index in [0.29, 0.717) is 32.8 Å². The average molecular weight is 462 g/mol. The summed E-state index contributed by atoms with van der Waals surface area (Å²) in [6.07, 6.45) is -4.33. The van der Waals surface area contributed by atoms with Crippen LogP contribution in [0.15, 0.2) is 6.07 Å². The highest BCUT2D eigenvalue weighted by Gasteiger charge is 2.55. The Morgan fingerprint density at radius 2 is 2.00 bits per heavy atom. The summed E-state index contributed by atoms with van der Waals surface area (Å²) >= 11 is 0. The quantitative estimate of drug-likeness (QED) is 0.629. The molecule has 0 radical (unpaired) electrons. The minimum absolute atomic E-state index is 0.0895. The van der Waals surface area contributed by atoms with Crippen LogP contribution in [0.2, 0.25) is 0 Å². The predicted molar refractivity (Wildman–Crippen MR) is 103 cm³/mol. The highest BCUT2D eigenvalue weighted by Crippen LogP contribution is 2.44. The molecule has 1 aromatic rings. The van der Waals surface area contributed by atoms with Crippen molar-refractivity contribution >= 4 is 23.6 Å². The number of methoxy groups -OCH3 is 1. The Morgan fingerprint density at radius 3 is 2.50 bits per heavy atom. The maximum Gasteiger partial charge on any atom is 0.490 e. The van der Waals surface area contributed by atoms with Crippen molar-refractivity contribution in [2.75, 3.05) is 39.9 Å². The lowest BCUT2D eigenvalue weighted by Crippen LogP contribution is -2.41. The maximum atomic E-state index is 12.9. The van der Waals surface area contributed by atoms with Gasteiger partial charge in [0.15, 0.2) is 5.78 Å². The molecule has 3 rings (SSSR count). The van der Waals surface area contributed by atoms with Crippen LogP contribution >= 0.6 is 0 Å². The number of likely N-dealkylation sites (tertiary alicyclic amines) is 2. The fourth-order valence-corrected chi connectivity index (χ4v) is 3.88. The van der Waals surface area contributed by atoms with Crippen molar-refractivity contribution in [3.8, 4) is 0 Å². The number of H-pyrrole nitrogens is 1. The number of aromatic nitrogens is 2. The van der Waals surface area contributed by atoms with Gasteiger partial charge in [0, 0.05) is 40.2 Å². The van der Waals surface area contributed by atoms with Crippen molar-refractivity contribution in [3.05, 3.63) is 17.5 Å². The SMILES string of the molecule is COCCN1CC[C@]2(CN(C(=O)c3cc(C(C)=O)n[nH]3)C[C@H]2C)C1=O.O=C(O)C(F)(F)F. The van der Waals surface area contributed by atoms with Gasteiger partial charge >= 0.3 is 12.1 Å². The number of amides is 2. The van der Waals surface area contributed by atoms with E-state index >= 15 is 0 Å². The number of ketones is 1. The van der Waals surface area contributed by atoms with Gasteiger partial charge in [-0.2, -0.15) is 18.3 Å². The molecule has 2 aliphatic rings. The summed E-state index contributed by atoms with van der Waals surface area (Å²) in [5.74, 6) is -2.96. The summed E-state index contributed by atoms with van der Waals surface area (Å²) in [5, 5.41) is 13.6. The minimum atomic E-state index is -5.08. The summed E-state index contributed by atoms with van der Waals surface area (Å²) in [7, 11) is 1.62. The molecule has 1 spiro atoms. The van der Waals surface area contributed by atoms with Gasteiger partial charge in [-0.3, -0.25) is 19.5 Å². The molecule has 2 N–H and O–H groups in total. The van der Waals surface area contributed by atoms with E-state index < -0.39 is 17.6 Å². The van der Waals surface area contributed by atoms with Crippen LogP contribution in [0.3, 0.4) is 0 Å².